The smallest absolute Gasteiger partial charge is 0.407 e. The molecule has 136 valence electrons. The summed E-state index contributed by atoms with van der Waals surface area (Å²) in [5.74, 6) is 0.0666. The van der Waals surface area contributed by atoms with Crippen LogP contribution in [0.15, 0.2) is 6.07 Å². The van der Waals surface area contributed by atoms with Crippen molar-refractivity contribution in [3.05, 3.63) is 27.8 Å². The number of aliphatic hydroxyl groups excluding tert-OH is 1. The SMILES string of the molecule is CC(O)c1cc(Cl)c(C#N)c(C=O)c1OCCNC(=O)OC(C)(C)C. The Hall–Kier alpha value is -2.30. The summed E-state index contributed by atoms with van der Waals surface area (Å²) in [5, 5.41) is 21.6. The van der Waals surface area contributed by atoms with Gasteiger partial charge in [-0.05, 0) is 33.8 Å². The molecule has 0 spiro atoms. The fourth-order valence-electron chi connectivity index (χ4n) is 1.99. The number of nitrogens with zero attached hydrogens (tertiary/aromatic N) is 1. The van der Waals surface area contributed by atoms with Crippen molar-refractivity contribution in [2.45, 2.75) is 39.4 Å². The molecule has 0 bridgehead atoms. The van der Waals surface area contributed by atoms with Crippen LogP contribution >= 0.6 is 11.6 Å². The summed E-state index contributed by atoms with van der Waals surface area (Å²) in [6, 6.07) is 3.22. The number of rotatable bonds is 6. The Morgan fingerprint density at radius 2 is 2.16 bits per heavy atom. The van der Waals surface area contributed by atoms with Gasteiger partial charge in [-0.2, -0.15) is 5.26 Å². The Morgan fingerprint density at radius 1 is 1.52 bits per heavy atom. The molecule has 0 heterocycles. The van der Waals surface area contributed by atoms with Crippen LogP contribution in [0.2, 0.25) is 5.02 Å². The van der Waals surface area contributed by atoms with Gasteiger partial charge in [0.05, 0.1) is 28.8 Å². The van der Waals surface area contributed by atoms with Gasteiger partial charge in [0, 0.05) is 5.56 Å². The summed E-state index contributed by atoms with van der Waals surface area (Å²) < 4.78 is 10.6. The van der Waals surface area contributed by atoms with Crippen LogP contribution in [0.4, 0.5) is 4.79 Å². The highest BCUT2D eigenvalue weighted by Gasteiger charge is 2.21. The van der Waals surface area contributed by atoms with Gasteiger partial charge in [0.1, 0.15) is 24.0 Å². The van der Waals surface area contributed by atoms with E-state index in [1.165, 1.54) is 13.0 Å². The number of amides is 1. The number of nitriles is 1. The molecule has 1 amide bonds. The average Bonchev–Trinajstić information content (AvgIpc) is 2.49. The highest BCUT2D eigenvalue weighted by atomic mass is 35.5. The zero-order valence-electron chi connectivity index (χ0n) is 14.6. The molecule has 2 N–H and O–H groups in total. The minimum Gasteiger partial charge on any atom is -0.491 e. The molecular weight excluding hydrogens is 348 g/mol. The van der Waals surface area contributed by atoms with E-state index in [9.17, 15) is 14.7 Å². The van der Waals surface area contributed by atoms with E-state index in [4.69, 9.17) is 26.3 Å². The second kappa shape index (κ2) is 8.70. The standard InChI is InChI=1S/C17H21ClN2O5/c1-10(22)11-7-14(18)12(8-19)13(9-21)15(11)24-6-5-20-16(23)25-17(2,3)4/h7,9-10,22H,5-6H2,1-4H3,(H,20,23). The Kier molecular flexibility index (Phi) is 7.22. The first-order valence-corrected chi connectivity index (χ1v) is 7.98. The van der Waals surface area contributed by atoms with Crippen molar-refractivity contribution < 1.29 is 24.2 Å². The highest BCUT2D eigenvalue weighted by molar-refractivity contribution is 6.32. The van der Waals surface area contributed by atoms with Gasteiger partial charge in [-0.1, -0.05) is 11.6 Å². The number of aliphatic hydroxyl groups is 1. The van der Waals surface area contributed by atoms with Crippen LogP contribution in [0.3, 0.4) is 0 Å². The Labute approximate surface area is 151 Å². The molecule has 0 saturated heterocycles. The number of hydrogen-bond donors (Lipinski definition) is 2. The molecule has 8 heteroatoms. The number of alkyl carbamates (subject to hydrolysis) is 1. The first-order valence-electron chi connectivity index (χ1n) is 7.60. The van der Waals surface area contributed by atoms with Crippen LogP contribution in [-0.2, 0) is 4.74 Å². The number of carbonyl (C=O) groups excluding carboxylic acids is 2. The second-order valence-electron chi connectivity index (χ2n) is 6.25. The third kappa shape index (κ3) is 5.93. The zero-order valence-corrected chi connectivity index (χ0v) is 15.3. The first kappa shape index (κ1) is 20.7. The topological polar surface area (TPSA) is 109 Å². The van der Waals surface area contributed by atoms with Crippen LogP contribution in [0.25, 0.3) is 0 Å². The predicted molar refractivity (Wildman–Crippen MR) is 91.9 cm³/mol. The van der Waals surface area contributed by atoms with Crippen molar-refractivity contribution in [1.82, 2.24) is 5.32 Å². The molecule has 0 saturated carbocycles. The molecule has 1 aromatic carbocycles. The van der Waals surface area contributed by atoms with Crippen molar-refractivity contribution >= 4 is 24.0 Å². The first-order chi connectivity index (χ1) is 11.6. The third-order valence-electron chi connectivity index (χ3n) is 2.99. The van der Waals surface area contributed by atoms with Crippen molar-refractivity contribution in [3.8, 4) is 11.8 Å². The van der Waals surface area contributed by atoms with Crippen molar-refractivity contribution in [3.63, 3.8) is 0 Å². The predicted octanol–water partition coefficient (Wildman–Crippen LogP) is 2.98. The van der Waals surface area contributed by atoms with E-state index in [0.717, 1.165) is 0 Å². The van der Waals surface area contributed by atoms with Crippen molar-refractivity contribution in [1.29, 1.82) is 5.26 Å². The lowest BCUT2D eigenvalue weighted by atomic mass is 10.0. The molecule has 1 unspecified atom stereocenters. The molecule has 25 heavy (non-hydrogen) atoms. The normalized spacial score (nSPS) is 12.0. The largest absolute Gasteiger partial charge is 0.491 e. The fourth-order valence-corrected chi connectivity index (χ4v) is 2.25. The summed E-state index contributed by atoms with van der Waals surface area (Å²) in [4.78, 5) is 22.9. The number of ether oxygens (including phenoxy) is 2. The third-order valence-corrected chi connectivity index (χ3v) is 3.29. The van der Waals surface area contributed by atoms with Crippen LogP contribution < -0.4 is 10.1 Å². The number of nitrogens with one attached hydrogen (secondary N) is 1. The lowest BCUT2D eigenvalue weighted by Gasteiger charge is -2.20. The van der Waals surface area contributed by atoms with E-state index in [-0.39, 0.29) is 40.6 Å². The average molecular weight is 369 g/mol. The summed E-state index contributed by atoms with van der Waals surface area (Å²) in [5.41, 5.74) is -0.407. The minimum absolute atomic E-state index is 0.00625. The molecule has 1 rings (SSSR count). The molecular formula is C17H21ClN2O5. The van der Waals surface area contributed by atoms with E-state index in [0.29, 0.717) is 6.29 Å². The van der Waals surface area contributed by atoms with Crippen LogP contribution in [0, 0.1) is 11.3 Å². The van der Waals surface area contributed by atoms with Crippen LogP contribution in [0.5, 0.6) is 5.75 Å². The lowest BCUT2D eigenvalue weighted by Crippen LogP contribution is -2.34. The van der Waals surface area contributed by atoms with Crippen LogP contribution in [-0.4, -0.2) is 36.2 Å². The Balaban J connectivity index is 2.89. The van der Waals surface area contributed by atoms with E-state index in [1.54, 1.807) is 20.8 Å². The maximum absolute atomic E-state index is 11.6. The molecule has 7 nitrogen and oxygen atoms in total. The minimum atomic E-state index is -0.960. The van der Waals surface area contributed by atoms with Gasteiger partial charge in [0.2, 0.25) is 0 Å². The van der Waals surface area contributed by atoms with Gasteiger partial charge in [-0.15, -0.1) is 0 Å². The maximum atomic E-state index is 11.6. The van der Waals surface area contributed by atoms with Gasteiger partial charge < -0.3 is 19.9 Å². The number of carbonyl (C=O) groups is 2. The second-order valence-corrected chi connectivity index (χ2v) is 6.66. The summed E-state index contributed by atoms with van der Waals surface area (Å²) in [7, 11) is 0. The number of halogens is 1. The Bertz CT molecular complexity index is 690. The van der Waals surface area contributed by atoms with Crippen molar-refractivity contribution in [2.75, 3.05) is 13.2 Å². The number of aldehydes is 1. The molecule has 1 aromatic rings. The van der Waals surface area contributed by atoms with Gasteiger partial charge in [-0.3, -0.25) is 4.79 Å². The summed E-state index contributed by atoms with van der Waals surface area (Å²) in [6.45, 7) is 6.82. The molecule has 0 aliphatic rings. The molecule has 0 aliphatic heterocycles. The monoisotopic (exact) mass is 368 g/mol. The Morgan fingerprint density at radius 3 is 2.64 bits per heavy atom. The molecule has 0 radical (unpaired) electrons. The van der Waals surface area contributed by atoms with Gasteiger partial charge in [0.15, 0.2) is 6.29 Å². The lowest BCUT2D eigenvalue weighted by molar-refractivity contribution is 0.0519. The maximum Gasteiger partial charge on any atom is 0.407 e. The van der Waals surface area contributed by atoms with Crippen LogP contribution in [0.1, 0.15) is 55.3 Å². The van der Waals surface area contributed by atoms with E-state index < -0.39 is 17.8 Å². The van der Waals surface area contributed by atoms with E-state index >= 15 is 0 Å². The molecule has 0 aliphatic carbocycles. The number of hydrogen-bond acceptors (Lipinski definition) is 6. The highest BCUT2D eigenvalue weighted by Crippen LogP contribution is 2.35. The van der Waals surface area contributed by atoms with Gasteiger partial charge in [-0.25, -0.2) is 4.79 Å². The molecule has 1 atom stereocenters. The van der Waals surface area contributed by atoms with E-state index in [1.807, 2.05) is 6.07 Å². The zero-order chi connectivity index (χ0) is 19.2. The fraction of sp³-hybridized carbons (Fsp3) is 0.471. The summed E-state index contributed by atoms with van der Waals surface area (Å²) >= 11 is 5.97. The van der Waals surface area contributed by atoms with Crippen molar-refractivity contribution in [2.24, 2.45) is 0 Å². The van der Waals surface area contributed by atoms with Gasteiger partial charge >= 0.3 is 6.09 Å². The van der Waals surface area contributed by atoms with Gasteiger partial charge in [0.25, 0.3) is 0 Å². The number of benzene rings is 1. The quantitative estimate of drug-likeness (QED) is 0.590. The van der Waals surface area contributed by atoms with E-state index in [2.05, 4.69) is 5.32 Å². The molecule has 0 aromatic heterocycles. The molecule has 0 fully saturated rings. The summed E-state index contributed by atoms with van der Waals surface area (Å²) in [6.07, 6.45) is -1.11.